The Morgan fingerprint density at radius 2 is 2.10 bits per heavy atom. The van der Waals surface area contributed by atoms with Gasteiger partial charge in [-0.2, -0.15) is 0 Å². The highest BCUT2D eigenvalue weighted by atomic mass is 16.4. The van der Waals surface area contributed by atoms with Crippen LogP contribution < -0.4 is 0 Å². The van der Waals surface area contributed by atoms with Crippen LogP contribution in [0.4, 0.5) is 0 Å². The first-order chi connectivity index (χ1) is 10.1. The fourth-order valence-electron chi connectivity index (χ4n) is 2.60. The van der Waals surface area contributed by atoms with E-state index in [1.54, 1.807) is 24.4 Å². The van der Waals surface area contributed by atoms with Crippen LogP contribution in [0.2, 0.25) is 0 Å². The van der Waals surface area contributed by atoms with E-state index < -0.39 is 5.97 Å². The van der Waals surface area contributed by atoms with Gasteiger partial charge in [0.25, 0.3) is 0 Å². The molecule has 0 aliphatic heterocycles. The molecule has 0 fully saturated rings. The third-order valence-corrected chi connectivity index (χ3v) is 3.62. The Hall–Kier alpha value is -2.69. The molecular weight excluding hydrogens is 266 g/mol. The summed E-state index contributed by atoms with van der Waals surface area (Å²) < 4.78 is 2.07. The number of hydrogen-bond acceptors (Lipinski definition) is 3. The highest BCUT2D eigenvalue weighted by Gasteiger charge is 2.16. The van der Waals surface area contributed by atoms with E-state index in [0.29, 0.717) is 5.52 Å². The highest BCUT2D eigenvalue weighted by Crippen LogP contribution is 2.25. The average molecular weight is 281 g/mol. The van der Waals surface area contributed by atoms with Crippen molar-refractivity contribution in [3.8, 4) is 0 Å². The smallest absolute Gasteiger partial charge is 0.335 e. The molecule has 0 saturated heterocycles. The van der Waals surface area contributed by atoms with Crippen molar-refractivity contribution in [2.45, 2.75) is 19.9 Å². The summed E-state index contributed by atoms with van der Waals surface area (Å²) in [6.45, 7) is 3.97. The lowest BCUT2D eigenvalue weighted by molar-refractivity contribution is 0.0697. The number of carboxylic acids is 1. The molecule has 0 aliphatic carbocycles. The van der Waals surface area contributed by atoms with E-state index in [1.807, 2.05) is 25.1 Å². The standard InChI is InChI=1S/C16H15N3O2/c1-10(13-5-3-4-8-17-13)19-11(2)18-14-9-12(16(20)21)6-7-15(14)19/h3-10H,1-2H3,(H,20,21). The van der Waals surface area contributed by atoms with Gasteiger partial charge >= 0.3 is 5.97 Å². The predicted octanol–water partition coefficient (Wildman–Crippen LogP) is 3.05. The molecule has 0 radical (unpaired) electrons. The lowest BCUT2D eigenvalue weighted by Gasteiger charge is -2.15. The summed E-state index contributed by atoms with van der Waals surface area (Å²) in [5, 5.41) is 9.06. The minimum atomic E-state index is -0.943. The maximum absolute atomic E-state index is 11.0. The number of benzene rings is 1. The summed E-state index contributed by atoms with van der Waals surface area (Å²) in [7, 11) is 0. The number of rotatable bonds is 3. The van der Waals surface area contributed by atoms with Crippen LogP contribution >= 0.6 is 0 Å². The van der Waals surface area contributed by atoms with Gasteiger partial charge in [0.15, 0.2) is 0 Å². The molecule has 0 saturated carbocycles. The Bertz CT molecular complexity index is 809. The van der Waals surface area contributed by atoms with Crippen LogP contribution in [-0.2, 0) is 0 Å². The van der Waals surface area contributed by atoms with Crippen LogP contribution in [-0.4, -0.2) is 25.6 Å². The number of hydrogen-bond donors (Lipinski definition) is 1. The monoisotopic (exact) mass is 281 g/mol. The molecule has 3 aromatic rings. The van der Waals surface area contributed by atoms with Gasteiger partial charge in [-0.05, 0) is 44.2 Å². The van der Waals surface area contributed by atoms with E-state index >= 15 is 0 Å². The topological polar surface area (TPSA) is 68.0 Å². The molecule has 1 N–H and O–H groups in total. The second-order valence-corrected chi connectivity index (χ2v) is 4.97. The number of pyridine rings is 1. The van der Waals surface area contributed by atoms with Crippen molar-refractivity contribution in [3.63, 3.8) is 0 Å². The Morgan fingerprint density at radius 1 is 1.29 bits per heavy atom. The van der Waals surface area contributed by atoms with Crippen LogP contribution in [0.1, 0.15) is 34.8 Å². The highest BCUT2D eigenvalue weighted by molar-refractivity contribution is 5.92. The first-order valence-electron chi connectivity index (χ1n) is 6.70. The Kier molecular flexibility index (Phi) is 3.17. The normalized spacial score (nSPS) is 12.5. The third-order valence-electron chi connectivity index (χ3n) is 3.62. The van der Waals surface area contributed by atoms with Gasteiger partial charge in [0.2, 0.25) is 0 Å². The Balaban J connectivity index is 2.15. The molecule has 2 heterocycles. The van der Waals surface area contributed by atoms with Gasteiger partial charge in [-0.15, -0.1) is 0 Å². The molecule has 106 valence electrons. The quantitative estimate of drug-likeness (QED) is 0.801. The zero-order valence-corrected chi connectivity index (χ0v) is 11.8. The largest absolute Gasteiger partial charge is 0.478 e. The van der Waals surface area contributed by atoms with Crippen molar-refractivity contribution >= 4 is 17.0 Å². The molecule has 1 atom stereocenters. The Labute approximate surface area is 121 Å². The van der Waals surface area contributed by atoms with Gasteiger partial charge in [0, 0.05) is 6.20 Å². The van der Waals surface area contributed by atoms with E-state index in [9.17, 15) is 4.79 Å². The molecule has 1 unspecified atom stereocenters. The number of imidazole rings is 1. The average Bonchev–Trinajstić information content (AvgIpc) is 2.82. The van der Waals surface area contributed by atoms with Gasteiger partial charge in [0.05, 0.1) is 28.3 Å². The summed E-state index contributed by atoms with van der Waals surface area (Å²) in [6, 6.07) is 10.9. The summed E-state index contributed by atoms with van der Waals surface area (Å²) >= 11 is 0. The van der Waals surface area contributed by atoms with Crippen molar-refractivity contribution in [2.75, 3.05) is 0 Å². The number of aryl methyl sites for hydroxylation is 1. The molecule has 1 aromatic carbocycles. The lowest BCUT2D eigenvalue weighted by atomic mass is 10.1. The fourth-order valence-corrected chi connectivity index (χ4v) is 2.60. The zero-order valence-electron chi connectivity index (χ0n) is 11.8. The molecule has 0 amide bonds. The van der Waals surface area contributed by atoms with E-state index in [-0.39, 0.29) is 11.6 Å². The molecule has 0 bridgehead atoms. The van der Waals surface area contributed by atoms with Gasteiger partial charge in [0.1, 0.15) is 5.82 Å². The Morgan fingerprint density at radius 3 is 2.76 bits per heavy atom. The van der Waals surface area contributed by atoms with Gasteiger partial charge in [-0.3, -0.25) is 4.98 Å². The second kappa shape index (κ2) is 5.01. The number of carboxylic acid groups (broad SMARTS) is 1. The molecule has 21 heavy (non-hydrogen) atoms. The van der Waals surface area contributed by atoms with E-state index in [0.717, 1.165) is 17.0 Å². The molecule has 2 aromatic heterocycles. The van der Waals surface area contributed by atoms with Gasteiger partial charge in [-0.1, -0.05) is 6.07 Å². The maximum Gasteiger partial charge on any atom is 0.335 e. The fraction of sp³-hybridized carbons (Fsp3) is 0.188. The maximum atomic E-state index is 11.0. The van der Waals surface area contributed by atoms with Crippen molar-refractivity contribution in [1.82, 2.24) is 14.5 Å². The van der Waals surface area contributed by atoms with Crippen molar-refractivity contribution in [3.05, 3.63) is 59.7 Å². The summed E-state index contributed by atoms with van der Waals surface area (Å²) in [4.78, 5) is 19.9. The summed E-state index contributed by atoms with van der Waals surface area (Å²) in [5.74, 6) is -0.104. The SMILES string of the molecule is Cc1nc2cc(C(=O)O)ccc2n1C(C)c1ccccn1. The predicted molar refractivity (Wildman–Crippen MR) is 79.5 cm³/mol. The third kappa shape index (κ3) is 2.27. The molecule has 0 aliphatic rings. The van der Waals surface area contributed by atoms with E-state index in [1.165, 1.54) is 0 Å². The van der Waals surface area contributed by atoms with Crippen molar-refractivity contribution in [2.24, 2.45) is 0 Å². The number of aromatic nitrogens is 3. The minimum absolute atomic E-state index is 0.0341. The molecule has 5 heteroatoms. The summed E-state index contributed by atoms with van der Waals surface area (Å²) in [5.41, 5.74) is 2.80. The first-order valence-corrected chi connectivity index (χ1v) is 6.70. The van der Waals surface area contributed by atoms with E-state index in [2.05, 4.69) is 21.5 Å². The molecule has 0 spiro atoms. The first kappa shape index (κ1) is 13.3. The second-order valence-electron chi connectivity index (χ2n) is 4.97. The zero-order chi connectivity index (χ0) is 15.0. The number of fused-ring (bicyclic) bond motifs is 1. The number of nitrogens with zero attached hydrogens (tertiary/aromatic N) is 3. The lowest BCUT2D eigenvalue weighted by Crippen LogP contribution is -2.10. The number of aromatic carboxylic acids is 1. The minimum Gasteiger partial charge on any atom is -0.478 e. The van der Waals surface area contributed by atoms with Gasteiger partial charge < -0.3 is 9.67 Å². The molecule has 5 nitrogen and oxygen atoms in total. The van der Waals surface area contributed by atoms with Crippen LogP contribution in [0.25, 0.3) is 11.0 Å². The molecular formula is C16H15N3O2. The number of carbonyl (C=O) groups is 1. The van der Waals surface area contributed by atoms with Crippen molar-refractivity contribution < 1.29 is 9.90 Å². The van der Waals surface area contributed by atoms with E-state index in [4.69, 9.17) is 5.11 Å². The van der Waals surface area contributed by atoms with Crippen molar-refractivity contribution in [1.29, 1.82) is 0 Å². The van der Waals surface area contributed by atoms with Gasteiger partial charge in [-0.25, -0.2) is 9.78 Å². The van der Waals surface area contributed by atoms with Crippen LogP contribution in [0.3, 0.4) is 0 Å². The molecule has 3 rings (SSSR count). The van der Waals surface area contributed by atoms with Crippen LogP contribution in [0.5, 0.6) is 0 Å². The summed E-state index contributed by atoms with van der Waals surface area (Å²) in [6.07, 6.45) is 1.77. The van der Waals surface area contributed by atoms with Crippen LogP contribution in [0, 0.1) is 6.92 Å². The van der Waals surface area contributed by atoms with Crippen LogP contribution in [0.15, 0.2) is 42.6 Å².